The maximum Gasteiger partial charge on any atom is 0.306 e. The van der Waals surface area contributed by atoms with Crippen molar-refractivity contribution >= 4 is 15.8 Å². The minimum atomic E-state index is -3.22. The third-order valence-corrected chi connectivity index (χ3v) is 5.33. The maximum absolute atomic E-state index is 13.6. The molecule has 2 unspecified atom stereocenters. The number of carboxylic acid groups (broad SMARTS) is 1. The molecule has 0 saturated carbocycles. The number of carboxylic acids is 1. The molecule has 0 aromatic heterocycles. The molecule has 1 N–H and O–H groups in total. The largest absolute Gasteiger partial charge is 0.481 e. The normalized spacial score (nSPS) is 25.9. The zero-order chi connectivity index (χ0) is 14.0. The van der Waals surface area contributed by atoms with Crippen molar-refractivity contribution in [1.29, 1.82) is 0 Å². The van der Waals surface area contributed by atoms with E-state index in [-0.39, 0.29) is 24.3 Å². The van der Waals surface area contributed by atoms with Crippen LogP contribution < -0.4 is 0 Å². The number of carbonyl (C=O) groups is 1. The minimum Gasteiger partial charge on any atom is -0.481 e. The van der Waals surface area contributed by atoms with Crippen LogP contribution in [0.4, 0.5) is 4.39 Å². The topological polar surface area (TPSA) is 71.4 Å². The zero-order valence-electron chi connectivity index (χ0n) is 10.3. The molecular weight excluding hydrogens is 271 g/mol. The summed E-state index contributed by atoms with van der Waals surface area (Å²) in [5.74, 6) is -2.99. The number of aliphatic carboxylic acids is 1. The van der Waals surface area contributed by atoms with Crippen molar-refractivity contribution in [2.45, 2.75) is 12.8 Å². The SMILES string of the molecule is O=C(O)C1CCS(=O)(=O)CC1Cc1ccccc1F. The van der Waals surface area contributed by atoms with E-state index < -0.39 is 33.5 Å². The van der Waals surface area contributed by atoms with Gasteiger partial charge in [-0.1, -0.05) is 18.2 Å². The average molecular weight is 286 g/mol. The number of halogens is 1. The molecule has 19 heavy (non-hydrogen) atoms. The number of rotatable bonds is 3. The molecule has 0 radical (unpaired) electrons. The van der Waals surface area contributed by atoms with Crippen molar-refractivity contribution in [2.24, 2.45) is 11.8 Å². The summed E-state index contributed by atoms with van der Waals surface area (Å²) in [5.41, 5.74) is 0.371. The van der Waals surface area contributed by atoms with Gasteiger partial charge in [-0.05, 0) is 30.4 Å². The summed E-state index contributed by atoms with van der Waals surface area (Å²) in [7, 11) is -3.22. The van der Waals surface area contributed by atoms with Crippen molar-refractivity contribution in [3.05, 3.63) is 35.6 Å². The Kier molecular flexibility index (Phi) is 3.89. The van der Waals surface area contributed by atoms with Gasteiger partial charge in [0.15, 0.2) is 9.84 Å². The second-order valence-corrected chi connectivity index (χ2v) is 7.13. The van der Waals surface area contributed by atoms with Crippen LogP contribution in [0, 0.1) is 17.7 Å². The lowest BCUT2D eigenvalue weighted by Gasteiger charge is -2.28. The van der Waals surface area contributed by atoms with Gasteiger partial charge < -0.3 is 5.11 Å². The first kappa shape index (κ1) is 14.0. The van der Waals surface area contributed by atoms with E-state index in [1.54, 1.807) is 18.2 Å². The van der Waals surface area contributed by atoms with Gasteiger partial charge in [-0.3, -0.25) is 4.79 Å². The quantitative estimate of drug-likeness (QED) is 0.914. The molecule has 104 valence electrons. The monoisotopic (exact) mass is 286 g/mol. The Balaban J connectivity index is 2.23. The van der Waals surface area contributed by atoms with Crippen LogP contribution in [-0.2, 0) is 21.1 Å². The highest BCUT2D eigenvalue weighted by Gasteiger charge is 2.37. The predicted molar refractivity (Wildman–Crippen MR) is 68.0 cm³/mol. The third kappa shape index (κ3) is 3.32. The Morgan fingerprint density at radius 3 is 2.68 bits per heavy atom. The first-order valence-electron chi connectivity index (χ1n) is 6.06. The molecule has 1 saturated heterocycles. The molecule has 2 atom stereocenters. The van der Waals surface area contributed by atoms with Crippen molar-refractivity contribution in [3.8, 4) is 0 Å². The van der Waals surface area contributed by atoms with Gasteiger partial charge in [0.1, 0.15) is 5.82 Å². The fourth-order valence-electron chi connectivity index (χ4n) is 2.54. The second-order valence-electron chi connectivity index (χ2n) is 4.90. The summed E-state index contributed by atoms with van der Waals surface area (Å²) in [4.78, 5) is 11.2. The fraction of sp³-hybridized carbons (Fsp3) is 0.462. The van der Waals surface area contributed by atoms with Crippen molar-refractivity contribution < 1.29 is 22.7 Å². The van der Waals surface area contributed by atoms with Crippen LogP contribution in [0.25, 0.3) is 0 Å². The second kappa shape index (κ2) is 5.28. The van der Waals surface area contributed by atoms with Crippen LogP contribution in [0.5, 0.6) is 0 Å². The minimum absolute atomic E-state index is 0.0995. The zero-order valence-corrected chi connectivity index (χ0v) is 11.1. The van der Waals surface area contributed by atoms with E-state index in [1.807, 2.05) is 0 Å². The van der Waals surface area contributed by atoms with Gasteiger partial charge in [0.05, 0.1) is 17.4 Å². The summed E-state index contributed by atoms with van der Waals surface area (Å²) in [6.07, 6.45) is 0.250. The highest BCUT2D eigenvalue weighted by atomic mass is 32.2. The van der Waals surface area contributed by atoms with Crippen LogP contribution in [0.2, 0.25) is 0 Å². The van der Waals surface area contributed by atoms with Crippen LogP contribution in [0.15, 0.2) is 24.3 Å². The highest BCUT2D eigenvalue weighted by Crippen LogP contribution is 2.29. The average Bonchev–Trinajstić information content (AvgIpc) is 2.30. The summed E-state index contributed by atoms with van der Waals surface area (Å²) >= 11 is 0. The Labute approximate surface area is 111 Å². The molecule has 0 spiro atoms. The van der Waals surface area contributed by atoms with E-state index in [0.29, 0.717) is 5.56 Å². The summed E-state index contributed by atoms with van der Waals surface area (Å²) in [6.45, 7) is 0. The molecule has 0 aliphatic carbocycles. The molecule has 4 nitrogen and oxygen atoms in total. The highest BCUT2D eigenvalue weighted by molar-refractivity contribution is 7.91. The van der Waals surface area contributed by atoms with Gasteiger partial charge >= 0.3 is 5.97 Å². The number of hydrogen-bond acceptors (Lipinski definition) is 3. The van der Waals surface area contributed by atoms with Crippen molar-refractivity contribution in [2.75, 3.05) is 11.5 Å². The molecule has 2 rings (SSSR count). The van der Waals surface area contributed by atoms with E-state index in [4.69, 9.17) is 5.11 Å². The molecule has 1 fully saturated rings. The smallest absolute Gasteiger partial charge is 0.306 e. The van der Waals surface area contributed by atoms with Crippen LogP contribution in [0.1, 0.15) is 12.0 Å². The molecule has 0 bridgehead atoms. The number of sulfone groups is 1. The fourth-order valence-corrected chi connectivity index (χ4v) is 4.32. The van der Waals surface area contributed by atoms with Gasteiger partial charge in [0.25, 0.3) is 0 Å². The number of hydrogen-bond donors (Lipinski definition) is 1. The molecule has 1 heterocycles. The standard InChI is InChI=1S/C13H15FO4S/c14-12-4-2-1-3-9(12)7-10-8-19(17,18)6-5-11(10)13(15)16/h1-4,10-11H,5-8H2,(H,15,16). The van der Waals surface area contributed by atoms with Crippen LogP contribution in [-0.4, -0.2) is 31.0 Å². The van der Waals surface area contributed by atoms with Gasteiger partial charge in [-0.25, -0.2) is 12.8 Å². The maximum atomic E-state index is 13.6. The molecule has 6 heteroatoms. The molecule has 1 aliphatic heterocycles. The Morgan fingerprint density at radius 2 is 2.05 bits per heavy atom. The van der Waals surface area contributed by atoms with E-state index in [1.165, 1.54) is 6.07 Å². The first-order chi connectivity index (χ1) is 8.89. The van der Waals surface area contributed by atoms with Gasteiger partial charge in [0, 0.05) is 0 Å². The van der Waals surface area contributed by atoms with Gasteiger partial charge in [-0.15, -0.1) is 0 Å². The van der Waals surface area contributed by atoms with Gasteiger partial charge in [0.2, 0.25) is 0 Å². The molecule has 1 aromatic carbocycles. The molecule has 1 aliphatic rings. The Morgan fingerprint density at radius 1 is 1.37 bits per heavy atom. The lowest BCUT2D eigenvalue weighted by molar-refractivity contribution is -0.143. The van der Waals surface area contributed by atoms with Crippen LogP contribution in [0.3, 0.4) is 0 Å². The molecular formula is C13H15FO4S. The van der Waals surface area contributed by atoms with Crippen molar-refractivity contribution in [3.63, 3.8) is 0 Å². The Hall–Kier alpha value is -1.43. The van der Waals surface area contributed by atoms with Crippen molar-refractivity contribution in [1.82, 2.24) is 0 Å². The van der Waals surface area contributed by atoms with Gasteiger partial charge in [-0.2, -0.15) is 0 Å². The molecule has 1 aromatic rings. The summed E-state index contributed by atoms with van der Waals surface area (Å²) in [6, 6.07) is 6.06. The molecule has 0 amide bonds. The predicted octanol–water partition coefficient (Wildman–Crippen LogP) is 1.50. The van der Waals surface area contributed by atoms with E-state index in [9.17, 15) is 17.6 Å². The van der Waals surface area contributed by atoms with Crippen LogP contribution >= 0.6 is 0 Å². The lowest BCUT2D eigenvalue weighted by atomic mass is 9.86. The lowest BCUT2D eigenvalue weighted by Crippen LogP contribution is -2.38. The van der Waals surface area contributed by atoms with E-state index >= 15 is 0 Å². The summed E-state index contributed by atoms with van der Waals surface area (Å²) < 4.78 is 36.8. The third-order valence-electron chi connectivity index (χ3n) is 3.53. The Bertz CT molecular complexity index is 582. The summed E-state index contributed by atoms with van der Waals surface area (Å²) in [5, 5.41) is 9.14. The van der Waals surface area contributed by atoms with E-state index in [0.717, 1.165) is 0 Å². The van der Waals surface area contributed by atoms with E-state index in [2.05, 4.69) is 0 Å². The number of benzene rings is 1. The first-order valence-corrected chi connectivity index (χ1v) is 7.88.